The highest BCUT2D eigenvalue weighted by Gasteiger charge is 2.26. The Balaban J connectivity index is 1.55. The zero-order valence-electron chi connectivity index (χ0n) is 18.1. The van der Waals surface area contributed by atoms with E-state index >= 15 is 0 Å². The van der Waals surface area contributed by atoms with Gasteiger partial charge in [-0.2, -0.15) is 0 Å². The van der Waals surface area contributed by atoms with Crippen molar-refractivity contribution in [2.75, 3.05) is 20.2 Å². The Morgan fingerprint density at radius 2 is 1.69 bits per heavy atom. The van der Waals surface area contributed by atoms with Gasteiger partial charge in [0.05, 0.1) is 13.5 Å². The van der Waals surface area contributed by atoms with Gasteiger partial charge in [-0.15, -0.1) is 0 Å². The second-order valence-corrected chi connectivity index (χ2v) is 9.42. The molecule has 2 aromatic rings. The molecular weight excluding hydrogens is 430 g/mol. The summed E-state index contributed by atoms with van der Waals surface area (Å²) in [5.41, 5.74) is 1.11. The molecule has 1 aliphatic carbocycles. The van der Waals surface area contributed by atoms with E-state index in [4.69, 9.17) is 4.74 Å². The molecule has 0 aliphatic heterocycles. The Bertz CT molecular complexity index is 1030. The summed E-state index contributed by atoms with van der Waals surface area (Å²) in [6.45, 7) is 0.482. The van der Waals surface area contributed by atoms with Crippen LogP contribution in [0.15, 0.2) is 53.4 Å². The van der Waals surface area contributed by atoms with Crippen LogP contribution in [-0.4, -0.2) is 46.5 Å². The predicted octanol–water partition coefficient (Wildman–Crippen LogP) is 2.00. The van der Waals surface area contributed by atoms with Gasteiger partial charge in [-0.1, -0.05) is 43.2 Å². The zero-order valence-corrected chi connectivity index (χ0v) is 18.9. The van der Waals surface area contributed by atoms with Gasteiger partial charge in [-0.05, 0) is 36.6 Å². The van der Waals surface area contributed by atoms with Crippen LogP contribution in [-0.2, 0) is 21.2 Å². The van der Waals surface area contributed by atoms with Crippen LogP contribution in [0.3, 0.4) is 0 Å². The van der Waals surface area contributed by atoms with Gasteiger partial charge in [0, 0.05) is 24.7 Å². The molecule has 9 heteroatoms. The summed E-state index contributed by atoms with van der Waals surface area (Å²) in [4.78, 5) is 24.4. The molecule has 8 nitrogen and oxygen atoms in total. The molecule has 32 heavy (non-hydrogen) atoms. The smallest absolute Gasteiger partial charge is 0.251 e. The zero-order chi connectivity index (χ0) is 23.0. The molecule has 0 unspecified atom stereocenters. The van der Waals surface area contributed by atoms with E-state index in [1.165, 1.54) is 25.3 Å². The highest BCUT2D eigenvalue weighted by molar-refractivity contribution is 7.89. The molecule has 0 radical (unpaired) electrons. The first kappa shape index (κ1) is 23.7. The molecule has 0 atom stereocenters. The summed E-state index contributed by atoms with van der Waals surface area (Å²) in [5.74, 6) is -0.385. The van der Waals surface area contributed by atoms with Gasteiger partial charge < -0.3 is 15.4 Å². The highest BCUT2D eigenvalue weighted by atomic mass is 32.2. The van der Waals surface area contributed by atoms with Gasteiger partial charge in [0.15, 0.2) is 0 Å². The normalized spacial score (nSPS) is 14.2. The van der Waals surface area contributed by atoms with Crippen LogP contribution in [0, 0.1) is 0 Å². The Hall–Kier alpha value is -2.91. The number of sulfonamides is 1. The number of ether oxygens (including phenoxy) is 1. The molecule has 172 valence electrons. The maximum atomic E-state index is 12.9. The molecule has 3 N–H and O–H groups in total. The van der Waals surface area contributed by atoms with E-state index in [-0.39, 0.29) is 47.7 Å². The van der Waals surface area contributed by atoms with Crippen molar-refractivity contribution in [1.82, 2.24) is 15.4 Å². The maximum Gasteiger partial charge on any atom is 0.251 e. The van der Waals surface area contributed by atoms with E-state index in [1.807, 2.05) is 30.3 Å². The van der Waals surface area contributed by atoms with E-state index in [2.05, 4.69) is 15.4 Å². The molecule has 2 amide bonds. The standard InChI is InChI=1S/C23H29N3O5S/c1-31-20-12-11-18(16-21(20)32(29,30)26-19-9-5-6-10-19)23(28)25-14-13-24-22(27)15-17-7-3-2-4-8-17/h2-4,7-8,11-12,16,19,26H,5-6,9-10,13-15H2,1H3,(H,24,27)(H,25,28). The molecule has 0 bridgehead atoms. The quantitative estimate of drug-likeness (QED) is 0.471. The molecular formula is C23H29N3O5S. The van der Waals surface area contributed by atoms with Crippen molar-refractivity contribution in [2.45, 2.75) is 43.0 Å². The lowest BCUT2D eigenvalue weighted by atomic mass is 10.1. The van der Waals surface area contributed by atoms with Crippen LogP contribution in [0.25, 0.3) is 0 Å². The van der Waals surface area contributed by atoms with E-state index in [0.29, 0.717) is 0 Å². The van der Waals surface area contributed by atoms with Crippen LogP contribution in [0.5, 0.6) is 5.75 Å². The van der Waals surface area contributed by atoms with Crippen molar-refractivity contribution in [2.24, 2.45) is 0 Å². The fraction of sp³-hybridized carbons (Fsp3) is 0.391. The Morgan fingerprint density at radius 1 is 1.00 bits per heavy atom. The van der Waals surface area contributed by atoms with Crippen molar-refractivity contribution in [3.63, 3.8) is 0 Å². The molecule has 3 rings (SSSR count). The van der Waals surface area contributed by atoms with Crippen LogP contribution in [0.2, 0.25) is 0 Å². The maximum absolute atomic E-state index is 12.9. The average Bonchev–Trinajstić information content (AvgIpc) is 3.29. The van der Waals surface area contributed by atoms with Gasteiger partial charge >= 0.3 is 0 Å². The highest BCUT2D eigenvalue weighted by Crippen LogP contribution is 2.27. The summed E-state index contributed by atoms with van der Waals surface area (Å²) >= 11 is 0. The summed E-state index contributed by atoms with van der Waals surface area (Å²) in [5, 5.41) is 5.45. The largest absolute Gasteiger partial charge is 0.495 e. The van der Waals surface area contributed by atoms with Crippen LogP contribution in [0.4, 0.5) is 0 Å². The Morgan fingerprint density at radius 3 is 2.38 bits per heavy atom. The fourth-order valence-electron chi connectivity index (χ4n) is 3.68. The van der Waals surface area contributed by atoms with Crippen molar-refractivity contribution in [3.05, 3.63) is 59.7 Å². The van der Waals surface area contributed by atoms with Gasteiger partial charge in [0.25, 0.3) is 5.91 Å². The van der Waals surface area contributed by atoms with Gasteiger partial charge in [-0.3, -0.25) is 9.59 Å². The lowest BCUT2D eigenvalue weighted by Gasteiger charge is -2.16. The summed E-state index contributed by atoms with van der Waals surface area (Å²) in [6, 6.07) is 13.6. The molecule has 1 saturated carbocycles. The van der Waals surface area contributed by atoms with Crippen molar-refractivity contribution >= 4 is 21.8 Å². The van der Waals surface area contributed by atoms with Crippen molar-refractivity contribution < 1.29 is 22.7 Å². The van der Waals surface area contributed by atoms with Crippen LogP contribution in [0.1, 0.15) is 41.6 Å². The van der Waals surface area contributed by atoms with E-state index < -0.39 is 15.9 Å². The molecule has 1 aliphatic rings. The number of rotatable bonds is 10. The minimum Gasteiger partial charge on any atom is -0.495 e. The molecule has 1 fully saturated rings. The van der Waals surface area contributed by atoms with Crippen LogP contribution < -0.4 is 20.1 Å². The number of hydrogen-bond acceptors (Lipinski definition) is 5. The van der Waals surface area contributed by atoms with E-state index in [9.17, 15) is 18.0 Å². The number of benzene rings is 2. The first-order chi connectivity index (χ1) is 15.4. The Kier molecular flexibility index (Phi) is 8.24. The monoisotopic (exact) mass is 459 g/mol. The number of carbonyl (C=O) groups excluding carboxylic acids is 2. The summed E-state index contributed by atoms with van der Waals surface area (Å²) in [7, 11) is -2.43. The number of hydrogen-bond donors (Lipinski definition) is 3. The lowest BCUT2D eigenvalue weighted by molar-refractivity contribution is -0.120. The van der Waals surface area contributed by atoms with Gasteiger partial charge in [-0.25, -0.2) is 13.1 Å². The van der Waals surface area contributed by atoms with E-state index in [0.717, 1.165) is 31.2 Å². The minimum absolute atomic E-state index is 0.0595. The van der Waals surface area contributed by atoms with E-state index in [1.54, 1.807) is 0 Å². The number of nitrogens with one attached hydrogen (secondary N) is 3. The first-order valence-electron chi connectivity index (χ1n) is 10.7. The summed E-state index contributed by atoms with van der Waals surface area (Å²) in [6.07, 6.45) is 3.86. The third-order valence-electron chi connectivity index (χ3n) is 5.33. The average molecular weight is 460 g/mol. The van der Waals surface area contributed by atoms with Crippen molar-refractivity contribution in [1.29, 1.82) is 0 Å². The molecule has 0 saturated heterocycles. The molecule has 0 aromatic heterocycles. The second-order valence-electron chi connectivity index (χ2n) is 7.74. The Labute approximate surface area is 188 Å². The SMILES string of the molecule is COc1ccc(C(=O)NCCNC(=O)Cc2ccccc2)cc1S(=O)(=O)NC1CCCC1. The molecule has 0 heterocycles. The number of carbonyl (C=O) groups is 2. The van der Waals surface area contributed by atoms with Crippen LogP contribution >= 0.6 is 0 Å². The first-order valence-corrected chi connectivity index (χ1v) is 12.2. The third-order valence-corrected chi connectivity index (χ3v) is 6.87. The van der Waals surface area contributed by atoms with Gasteiger partial charge in [0.2, 0.25) is 15.9 Å². The second kappa shape index (κ2) is 11.1. The fourth-order valence-corrected chi connectivity index (χ4v) is 5.18. The topological polar surface area (TPSA) is 114 Å². The third kappa shape index (κ3) is 6.54. The molecule has 2 aromatic carbocycles. The predicted molar refractivity (Wildman–Crippen MR) is 121 cm³/mol. The van der Waals surface area contributed by atoms with Crippen molar-refractivity contribution in [3.8, 4) is 5.75 Å². The lowest BCUT2D eigenvalue weighted by Crippen LogP contribution is -2.35. The number of methoxy groups -OCH3 is 1. The molecule has 0 spiro atoms. The number of amides is 2. The van der Waals surface area contributed by atoms with Gasteiger partial charge in [0.1, 0.15) is 10.6 Å². The summed E-state index contributed by atoms with van der Waals surface area (Å²) < 4.78 is 33.6. The minimum atomic E-state index is -3.82.